The number of hydrogen-bond donors (Lipinski definition) is 0. The summed E-state index contributed by atoms with van der Waals surface area (Å²) in [6.45, 7) is 1.97. The zero-order valence-corrected chi connectivity index (χ0v) is 3.76. The molecule has 0 saturated heterocycles. The van der Waals surface area contributed by atoms with Crippen molar-refractivity contribution in [3.63, 3.8) is 0 Å². The van der Waals surface area contributed by atoms with Crippen LogP contribution in [0.1, 0.15) is 6.92 Å². The molecule has 0 radical (unpaired) electrons. The van der Waals surface area contributed by atoms with Crippen LogP contribution in [0, 0.1) is 0 Å². The van der Waals surface area contributed by atoms with Crippen LogP contribution < -0.4 is 0 Å². The molecule has 0 aromatic carbocycles. The summed E-state index contributed by atoms with van der Waals surface area (Å²) < 4.78 is 0. The normalized spacial score (nSPS) is 6.17. The van der Waals surface area contributed by atoms with E-state index in [0.29, 0.717) is 7.41 Å². The van der Waals surface area contributed by atoms with Gasteiger partial charge in [-0.2, -0.15) is 5.03 Å². The molecule has 0 aliphatic heterocycles. The van der Waals surface area contributed by atoms with Gasteiger partial charge in [-0.15, -0.1) is 0 Å². The van der Waals surface area contributed by atoms with Gasteiger partial charge in [-0.25, -0.2) is 0 Å². The summed E-state index contributed by atoms with van der Waals surface area (Å²) in [5.74, 6) is 0. The van der Waals surface area contributed by atoms with Crippen LogP contribution >= 0.6 is 0 Å². The quantitative estimate of drug-likeness (QED) is 0.207. The maximum absolute atomic E-state index is 7.66. The molecule has 0 unspecified atom stereocenters. The molecule has 0 saturated carbocycles. The van der Waals surface area contributed by atoms with Crippen LogP contribution in [0.3, 0.4) is 0 Å². The second kappa shape index (κ2) is 4.37. The molecule has 0 N–H and O–H groups in total. The number of azide groups is 1. The van der Waals surface area contributed by atoms with Crippen molar-refractivity contribution >= 4 is 7.41 Å². The van der Waals surface area contributed by atoms with E-state index in [9.17, 15) is 0 Å². The second-order valence-corrected chi connectivity index (χ2v) is 0.954. The fraction of sp³-hybridized carbons (Fsp3) is 1.00. The van der Waals surface area contributed by atoms with E-state index in [1.807, 2.05) is 6.92 Å². The molecule has 6 heavy (non-hydrogen) atoms. The van der Waals surface area contributed by atoms with Crippen molar-refractivity contribution in [2.75, 3.05) is 0 Å². The second-order valence-electron chi connectivity index (χ2n) is 0.954. The Hall–Kier alpha value is -0.625. The topological polar surface area (TPSA) is 48.8 Å². The van der Waals surface area contributed by atoms with Gasteiger partial charge in [0, 0.05) is 0 Å². The fourth-order valence-corrected chi connectivity index (χ4v) is 0.145. The molecule has 0 fully saturated rings. The molecule has 3 nitrogen and oxygen atoms in total. The average molecular weight is 82.9 g/mol. The van der Waals surface area contributed by atoms with Crippen LogP contribution in [0.5, 0.6) is 0 Å². The van der Waals surface area contributed by atoms with Gasteiger partial charge in [0.25, 0.3) is 0 Å². The van der Waals surface area contributed by atoms with E-state index in [4.69, 9.17) is 5.53 Å². The highest BCUT2D eigenvalue weighted by Crippen LogP contribution is 1.72. The summed E-state index contributed by atoms with van der Waals surface area (Å²) in [7, 11) is 0.622. The van der Waals surface area contributed by atoms with Gasteiger partial charge in [0.1, 0.15) is 0 Å². The predicted octanol–water partition coefficient (Wildman–Crippen LogP) is 1.09. The Balaban J connectivity index is 2.86. The van der Waals surface area contributed by atoms with Crippen LogP contribution in [0.15, 0.2) is 5.03 Å². The highest BCUT2D eigenvalue weighted by molar-refractivity contribution is 6.32. The van der Waals surface area contributed by atoms with Crippen molar-refractivity contribution < 1.29 is 0 Å². The smallest absolute Gasteiger partial charge is 0.153 e. The van der Waals surface area contributed by atoms with Gasteiger partial charge in [-0.1, -0.05) is 13.2 Å². The van der Waals surface area contributed by atoms with Crippen LogP contribution in [0.4, 0.5) is 0 Å². The Morgan fingerprint density at radius 1 is 2.00 bits per heavy atom. The Morgan fingerprint density at radius 2 is 2.67 bits per heavy atom. The third-order valence-corrected chi connectivity index (χ3v) is 0.387. The van der Waals surface area contributed by atoms with Crippen molar-refractivity contribution in [3.8, 4) is 0 Å². The van der Waals surface area contributed by atoms with Gasteiger partial charge >= 0.3 is 0 Å². The summed E-state index contributed by atoms with van der Waals surface area (Å²) >= 11 is 0. The minimum absolute atomic E-state index is 0.622. The largest absolute Gasteiger partial charge is 0.224 e. The summed E-state index contributed by atoms with van der Waals surface area (Å²) in [5.41, 5.74) is 7.66. The maximum Gasteiger partial charge on any atom is 0.224 e. The molecule has 0 rings (SSSR count). The third kappa shape index (κ3) is 3.37. The molecule has 0 aliphatic carbocycles. The minimum Gasteiger partial charge on any atom is -0.153 e. The van der Waals surface area contributed by atoms with Crippen molar-refractivity contribution in [2.24, 2.45) is 5.03 Å². The molecule has 0 heterocycles. The molecule has 0 amide bonds. The van der Waals surface area contributed by atoms with Crippen LogP contribution in [-0.2, 0) is 0 Å². The Bertz CT molecular complexity index is 65.2. The van der Waals surface area contributed by atoms with Crippen molar-refractivity contribution in [3.05, 3.63) is 10.4 Å². The first-order valence-corrected chi connectivity index (χ1v) is 1.92. The van der Waals surface area contributed by atoms with E-state index < -0.39 is 0 Å². The highest BCUT2D eigenvalue weighted by atomic mass is 15.1. The lowest BCUT2D eigenvalue weighted by Crippen LogP contribution is -1.72. The van der Waals surface area contributed by atoms with Crippen molar-refractivity contribution in [2.45, 2.75) is 13.2 Å². The summed E-state index contributed by atoms with van der Waals surface area (Å²) in [6.07, 6.45) is 0.935. The van der Waals surface area contributed by atoms with Gasteiger partial charge in [0.05, 0.1) is 0 Å². The van der Waals surface area contributed by atoms with E-state index in [1.54, 1.807) is 0 Å². The first-order valence-electron chi connectivity index (χ1n) is 1.92. The summed E-state index contributed by atoms with van der Waals surface area (Å²) in [5, 5.41) is 3.27. The molecule has 0 bridgehead atoms. The van der Waals surface area contributed by atoms with E-state index in [-0.39, 0.29) is 0 Å². The highest BCUT2D eigenvalue weighted by Gasteiger charge is 1.71. The van der Waals surface area contributed by atoms with Crippen molar-refractivity contribution in [1.29, 1.82) is 0 Å². The third-order valence-electron chi connectivity index (χ3n) is 0.387. The van der Waals surface area contributed by atoms with Gasteiger partial charge in [0.2, 0.25) is 7.41 Å². The van der Waals surface area contributed by atoms with Crippen molar-refractivity contribution in [1.82, 2.24) is 0 Å². The van der Waals surface area contributed by atoms with Gasteiger partial charge in [-0.3, -0.25) is 0 Å². The Kier molecular flexibility index (Phi) is 3.92. The molecule has 32 valence electrons. The van der Waals surface area contributed by atoms with Gasteiger partial charge in [0.15, 0.2) is 0 Å². The molecule has 0 atom stereocenters. The molecule has 4 heteroatoms. The lowest BCUT2D eigenvalue weighted by atomic mass is 9.93. The molecule has 0 aliphatic rings. The van der Waals surface area contributed by atoms with E-state index in [0.717, 1.165) is 6.32 Å². The standard InChI is InChI=1S/C2H6BN3/c1-2-3-5-6-4/h3H,2H2,1H3. The Labute approximate surface area is 37.2 Å². The Morgan fingerprint density at radius 3 is 2.83 bits per heavy atom. The first-order chi connectivity index (χ1) is 2.91. The van der Waals surface area contributed by atoms with E-state index in [2.05, 4.69) is 9.94 Å². The molecule has 0 spiro atoms. The zero-order chi connectivity index (χ0) is 4.83. The monoisotopic (exact) mass is 83.1 g/mol. The van der Waals surface area contributed by atoms with E-state index >= 15 is 0 Å². The van der Waals surface area contributed by atoms with Crippen LogP contribution in [0.25, 0.3) is 10.4 Å². The summed E-state index contributed by atoms with van der Waals surface area (Å²) in [4.78, 5) is 2.55. The maximum atomic E-state index is 7.66. The van der Waals surface area contributed by atoms with E-state index in [1.165, 1.54) is 0 Å². The van der Waals surface area contributed by atoms with Crippen LogP contribution in [-0.4, -0.2) is 7.41 Å². The first kappa shape index (κ1) is 5.37. The zero-order valence-electron chi connectivity index (χ0n) is 3.76. The van der Waals surface area contributed by atoms with Crippen LogP contribution in [0.2, 0.25) is 6.32 Å². The lowest BCUT2D eigenvalue weighted by Gasteiger charge is -1.67. The fourth-order valence-electron chi connectivity index (χ4n) is 0.145. The molecular weight excluding hydrogens is 76.9 g/mol. The number of rotatable bonds is 2. The number of hydrogen-bond acceptors (Lipinski definition) is 1. The molecular formula is C2H6BN3. The van der Waals surface area contributed by atoms with Gasteiger partial charge in [-0.05, 0) is 10.4 Å². The summed E-state index contributed by atoms with van der Waals surface area (Å²) in [6, 6.07) is 0. The molecule has 0 aromatic heterocycles. The lowest BCUT2D eigenvalue weighted by molar-refractivity contribution is 1.42. The number of nitrogens with zero attached hydrogens (tertiary/aromatic N) is 3. The SMILES string of the molecule is CCBN=[N+]=[N-]. The predicted molar refractivity (Wildman–Crippen MR) is 26.8 cm³/mol. The molecule has 0 aromatic rings. The average Bonchev–Trinajstić information content (AvgIpc) is 1.61. The van der Waals surface area contributed by atoms with Gasteiger partial charge < -0.3 is 0 Å². The minimum atomic E-state index is 0.622.